The first kappa shape index (κ1) is 21.0. The van der Waals surface area contributed by atoms with E-state index in [1.807, 2.05) is 42.6 Å². The molecular weight excluding hydrogens is 382 g/mol. The molecule has 5 nitrogen and oxygen atoms in total. The van der Waals surface area contributed by atoms with Crippen LogP contribution in [0.4, 0.5) is 5.69 Å². The van der Waals surface area contributed by atoms with E-state index in [2.05, 4.69) is 36.3 Å². The molecule has 152 valence electrons. The Hall–Kier alpha value is -2.73. The van der Waals surface area contributed by atoms with Crippen molar-refractivity contribution < 1.29 is 9.53 Å². The number of rotatable bonds is 8. The Balaban J connectivity index is 1.59. The van der Waals surface area contributed by atoms with Crippen LogP contribution in [-0.4, -0.2) is 20.7 Å². The van der Waals surface area contributed by atoms with E-state index in [0.717, 1.165) is 23.5 Å². The molecule has 0 saturated carbocycles. The monoisotopic (exact) mass is 409 g/mol. The minimum Gasteiger partial charge on any atom is -0.486 e. The van der Waals surface area contributed by atoms with Crippen LogP contribution < -0.4 is 10.1 Å². The number of nitrogens with one attached hydrogen (secondary N) is 1. The second-order valence-electron chi connectivity index (χ2n) is 7.03. The number of hydrogen-bond acceptors (Lipinski definition) is 4. The minimum atomic E-state index is -0.133. The van der Waals surface area contributed by atoms with Crippen LogP contribution in [0.15, 0.2) is 59.8 Å². The van der Waals surface area contributed by atoms with Crippen LogP contribution in [0.5, 0.6) is 5.75 Å². The summed E-state index contributed by atoms with van der Waals surface area (Å²) in [6, 6.07) is 13.3. The third-order valence-corrected chi connectivity index (χ3v) is 6.03. The van der Waals surface area contributed by atoms with E-state index in [0.29, 0.717) is 23.2 Å². The Morgan fingerprint density at radius 3 is 2.62 bits per heavy atom. The first-order valence-corrected chi connectivity index (χ1v) is 10.6. The highest BCUT2D eigenvalue weighted by Crippen LogP contribution is 2.28. The van der Waals surface area contributed by atoms with Gasteiger partial charge >= 0.3 is 0 Å². The van der Waals surface area contributed by atoms with Gasteiger partial charge in [0, 0.05) is 40.8 Å². The van der Waals surface area contributed by atoms with E-state index >= 15 is 0 Å². The summed E-state index contributed by atoms with van der Waals surface area (Å²) in [5, 5.41) is 3.58. The van der Waals surface area contributed by atoms with Gasteiger partial charge in [-0.25, -0.2) is 4.98 Å². The van der Waals surface area contributed by atoms with Crippen molar-refractivity contribution in [2.24, 2.45) is 7.05 Å². The second-order valence-corrected chi connectivity index (χ2v) is 8.55. The van der Waals surface area contributed by atoms with Gasteiger partial charge in [0.05, 0.1) is 0 Å². The molecule has 1 heterocycles. The van der Waals surface area contributed by atoms with Crippen molar-refractivity contribution in [3.05, 3.63) is 71.8 Å². The SMILES string of the molecule is CCC(C)Sc1ccc(NC(=O)c2ccc(OCc3nccn3C)cc2)c(C)c1. The Morgan fingerprint density at radius 1 is 1.24 bits per heavy atom. The van der Waals surface area contributed by atoms with Gasteiger partial charge in [0.2, 0.25) is 0 Å². The number of aryl methyl sites for hydroxylation is 2. The summed E-state index contributed by atoms with van der Waals surface area (Å²) in [6.07, 6.45) is 4.75. The fourth-order valence-electron chi connectivity index (χ4n) is 2.75. The van der Waals surface area contributed by atoms with Gasteiger partial charge in [-0.05, 0) is 61.4 Å². The number of anilines is 1. The van der Waals surface area contributed by atoms with Gasteiger partial charge in [-0.3, -0.25) is 4.79 Å². The van der Waals surface area contributed by atoms with Crippen molar-refractivity contribution in [2.75, 3.05) is 5.32 Å². The molecule has 0 radical (unpaired) electrons. The van der Waals surface area contributed by atoms with Crippen molar-refractivity contribution in [1.82, 2.24) is 9.55 Å². The van der Waals surface area contributed by atoms with E-state index in [9.17, 15) is 4.79 Å². The summed E-state index contributed by atoms with van der Waals surface area (Å²) < 4.78 is 7.65. The maximum absolute atomic E-state index is 12.6. The summed E-state index contributed by atoms with van der Waals surface area (Å²) in [6.45, 7) is 6.81. The molecule has 1 aromatic heterocycles. The maximum Gasteiger partial charge on any atom is 0.255 e. The van der Waals surface area contributed by atoms with E-state index in [-0.39, 0.29) is 5.91 Å². The molecule has 0 spiro atoms. The third kappa shape index (κ3) is 5.64. The quantitative estimate of drug-likeness (QED) is 0.503. The first-order chi connectivity index (χ1) is 14.0. The number of aromatic nitrogens is 2. The topological polar surface area (TPSA) is 56.1 Å². The second kappa shape index (κ2) is 9.65. The van der Waals surface area contributed by atoms with Gasteiger partial charge in [0.25, 0.3) is 5.91 Å². The van der Waals surface area contributed by atoms with Crippen molar-refractivity contribution in [1.29, 1.82) is 0 Å². The lowest BCUT2D eigenvalue weighted by molar-refractivity contribution is 0.102. The van der Waals surface area contributed by atoms with E-state index < -0.39 is 0 Å². The average Bonchev–Trinajstić information content (AvgIpc) is 3.13. The van der Waals surface area contributed by atoms with Crippen LogP contribution in [0.2, 0.25) is 0 Å². The molecular formula is C23H27N3O2S. The van der Waals surface area contributed by atoms with Crippen LogP contribution in [0.25, 0.3) is 0 Å². The molecule has 1 N–H and O–H groups in total. The fourth-order valence-corrected chi connectivity index (χ4v) is 3.77. The Morgan fingerprint density at radius 2 is 2.00 bits per heavy atom. The molecule has 0 aliphatic heterocycles. The molecule has 0 bridgehead atoms. The number of carbonyl (C=O) groups is 1. The number of thioether (sulfide) groups is 1. The zero-order valence-electron chi connectivity index (χ0n) is 17.3. The van der Waals surface area contributed by atoms with Crippen molar-refractivity contribution in [3.63, 3.8) is 0 Å². The van der Waals surface area contributed by atoms with Gasteiger partial charge in [0.1, 0.15) is 18.2 Å². The molecule has 1 atom stereocenters. The molecule has 1 amide bonds. The lowest BCUT2D eigenvalue weighted by atomic mass is 10.1. The van der Waals surface area contributed by atoms with Crippen molar-refractivity contribution in [3.8, 4) is 5.75 Å². The van der Waals surface area contributed by atoms with Gasteiger partial charge in [-0.1, -0.05) is 13.8 Å². The van der Waals surface area contributed by atoms with E-state index in [1.165, 1.54) is 4.90 Å². The van der Waals surface area contributed by atoms with E-state index in [4.69, 9.17) is 4.74 Å². The molecule has 29 heavy (non-hydrogen) atoms. The molecule has 0 aliphatic rings. The summed E-state index contributed by atoms with van der Waals surface area (Å²) in [5.41, 5.74) is 2.48. The number of hydrogen-bond donors (Lipinski definition) is 1. The van der Waals surface area contributed by atoms with E-state index in [1.54, 1.807) is 30.5 Å². The summed E-state index contributed by atoms with van der Waals surface area (Å²) in [5.74, 6) is 1.41. The highest BCUT2D eigenvalue weighted by molar-refractivity contribution is 7.99. The number of nitrogens with zero attached hydrogens (tertiary/aromatic N) is 2. The van der Waals surface area contributed by atoms with Crippen LogP contribution >= 0.6 is 11.8 Å². The number of benzene rings is 2. The standard InChI is InChI=1S/C23H27N3O2S/c1-5-17(3)29-20-10-11-21(16(2)14-20)25-23(27)18-6-8-19(9-7-18)28-15-22-24-12-13-26(22)4/h6-14,17H,5,15H2,1-4H3,(H,25,27). The molecule has 0 fully saturated rings. The smallest absolute Gasteiger partial charge is 0.255 e. The fraction of sp³-hybridized carbons (Fsp3) is 0.304. The van der Waals surface area contributed by atoms with Gasteiger partial charge in [-0.15, -0.1) is 11.8 Å². The average molecular weight is 410 g/mol. The number of carbonyl (C=O) groups excluding carboxylic acids is 1. The normalized spacial score (nSPS) is 11.9. The molecule has 3 rings (SSSR count). The largest absolute Gasteiger partial charge is 0.486 e. The summed E-state index contributed by atoms with van der Waals surface area (Å²) in [4.78, 5) is 18.1. The number of imidazole rings is 1. The molecule has 0 aliphatic carbocycles. The van der Waals surface area contributed by atoms with Gasteiger partial charge < -0.3 is 14.6 Å². The minimum absolute atomic E-state index is 0.133. The lowest BCUT2D eigenvalue weighted by Gasteiger charge is -2.13. The predicted molar refractivity (Wildman–Crippen MR) is 119 cm³/mol. The molecule has 3 aromatic rings. The van der Waals surface area contributed by atoms with Gasteiger partial charge in [0.15, 0.2) is 0 Å². The maximum atomic E-state index is 12.6. The highest BCUT2D eigenvalue weighted by atomic mass is 32.2. The highest BCUT2D eigenvalue weighted by Gasteiger charge is 2.10. The van der Waals surface area contributed by atoms with Crippen molar-refractivity contribution >= 4 is 23.4 Å². The first-order valence-electron chi connectivity index (χ1n) is 9.74. The molecule has 2 aromatic carbocycles. The zero-order valence-corrected chi connectivity index (χ0v) is 18.1. The van der Waals surface area contributed by atoms with Crippen LogP contribution in [0.3, 0.4) is 0 Å². The summed E-state index contributed by atoms with van der Waals surface area (Å²) >= 11 is 1.86. The lowest BCUT2D eigenvalue weighted by Crippen LogP contribution is -2.12. The predicted octanol–water partition coefficient (Wildman–Crippen LogP) is 5.45. The van der Waals surface area contributed by atoms with Crippen LogP contribution in [0, 0.1) is 6.92 Å². The Labute approximate surface area is 176 Å². The van der Waals surface area contributed by atoms with Crippen molar-refractivity contribution in [2.45, 2.75) is 43.9 Å². The van der Waals surface area contributed by atoms with Crippen LogP contribution in [0.1, 0.15) is 42.0 Å². The van der Waals surface area contributed by atoms with Gasteiger partial charge in [-0.2, -0.15) is 0 Å². The molecule has 1 unspecified atom stereocenters. The Kier molecular flexibility index (Phi) is 6.99. The number of ether oxygens (including phenoxy) is 1. The molecule has 6 heteroatoms. The molecule has 0 saturated heterocycles. The van der Waals surface area contributed by atoms with Crippen LogP contribution in [-0.2, 0) is 13.7 Å². The summed E-state index contributed by atoms with van der Waals surface area (Å²) in [7, 11) is 1.93. The zero-order chi connectivity index (χ0) is 20.8. The Bertz CT molecular complexity index is 967. The third-order valence-electron chi connectivity index (χ3n) is 4.76. The number of amides is 1.